The van der Waals surface area contributed by atoms with E-state index in [4.69, 9.17) is 4.74 Å². The molecule has 7 heteroatoms. The van der Waals surface area contributed by atoms with Gasteiger partial charge in [-0.1, -0.05) is 0 Å². The van der Waals surface area contributed by atoms with Crippen molar-refractivity contribution in [1.82, 2.24) is 9.38 Å². The number of halogens is 2. The van der Waals surface area contributed by atoms with E-state index in [0.29, 0.717) is 16.9 Å². The summed E-state index contributed by atoms with van der Waals surface area (Å²) in [5, 5.41) is 5.22. The highest BCUT2D eigenvalue weighted by atomic mass is 79.9. The Hall–Kier alpha value is -1.60. The zero-order valence-electron chi connectivity index (χ0n) is 10.6. The predicted octanol–water partition coefficient (Wildman–Crippen LogP) is 3.92. The minimum absolute atomic E-state index is 0.274. The molecule has 0 aliphatic carbocycles. The lowest BCUT2D eigenvalue weighted by Crippen LogP contribution is -2.04. The summed E-state index contributed by atoms with van der Waals surface area (Å²) < 4.78 is 21.0. The quantitative estimate of drug-likeness (QED) is 0.770. The van der Waals surface area contributed by atoms with Crippen LogP contribution >= 0.6 is 27.3 Å². The molecule has 0 radical (unpaired) electrons. The van der Waals surface area contributed by atoms with Gasteiger partial charge < -0.3 is 10.1 Å². The number of hydrogen-bond donors (Lipinski definition) is 1. The normalized spacial score (nSPS) is 10.9. The van der Waals surface area contributed by atoms with Crippen LogP contribution in [0.3, 0.4) is 0 Å². The van der Waals surface area contributed by atoms with Gasteiger partial charge in [-0.2, -0.15) is 4.98 Å². The third kappa shape index (κ3) is 2.38. The molecule has 0 aliphatic heterocycles. The highest BCUT2D eigenvalue weighted by molar-refractivity contribution is 9.10. The summed E-state index contributed by atoms with van der Waals surface area (Å²) in [5.74, 6) is 0.326. The fourth-order valence-electron chi connectivity index (χ4n) is 1.95. The number of nitrogens with one attached hydrogen (secondary N) is 1. The van der Waals surface area contributed by atoms with Gasteiger partial charge in [0.2, 0.25) is 5.88 Å². The number of thiazole rings is 1. The van der Waals surface area contributed by atoms with Gasteiger partial charge in [0.05, 0.1) is 13.7 Å². The fourth-order valence-corrected chi connectivity index (χ4v) is 3.16. The van der Waals surface area contributed by atoms with Crippen molar-refractivity contribution in [2.75, 3.05) is 12.4 Å². The number of ether oxygens (including phenoxy) is 1. The van der Waals surface area contributed by atoms with E-state index in [1.165, 1.54) is 12.1 Å². The minimum Gasteiger partial charge on any atom is -0.480 e. The van der Waals surface area contributed by atoms with E-state index < -0.39 is 0 Å². The lowest BCUT2D eigenvalue weighted by Gasteiger charge is -2.09. The molecule has 2 heterocycles. The number of imidazole rings is 1. The van der Waals surface area contributed by atoms with Crippen LogP contribution in [-0.4, -0.2) is 16.5 Å². The maximum atomic E-state index is 13.1. The molecule has 0 fully saturated rings. The van der Waals surface area contributed by atoms with Crippen LogP contribution < -0.4 is 10.1 Å². The van der Waals surface area contributed by atoms with Crippen molar-refractivity contribution in [3.63, 3.8) is 0 Å². The van der Waals surface area contributed by atoms with Crippen LogP contribution in [0.4, 0.5) is 10.1 Å². The van der Waals surface area contributed by atoms with Gasteiger partial charge in [0.1, 0.15) is 11.5 Å². The van der Waals surface area contributed by atoms with Crippen LogP contribution in [0.5, 0.6) is 5.88 Å². The standard InChI is InChI=1S/C13H11BrFN3OS/c1-19-12-11(18-4-5-20-13(18)17-12)7-16-10-3-2-8(15)6-9(10)14/h2-6,16H,7H2,1H3. The van der Waals surface area contributed by atoms with Crippen molar-refractivity contribution in [2.24, 2.45) is 0 Å². The number of anilines is 1. The van der Waals surface area contributed by atoms with Crippen LogP contribution in [0, 0.1) is 5.82 Å². The highest BCUT2D eigenvalue weighted by Crippen LogP contribution is 2.27. The summed E-state index contributed by atoms with van der Waals surface area (Å²) in [6.45, 7) is 0.533. The monoisotopic (exact) mass is 355 g/mol. The molecule has 3 rings (SSSR count). The zero-order valence-corrected chi connectivity index (χ0v) is 13.0. The van der Waals surface area contributed by atoms with Gasteiger partial charge in [0.15, 0.2) is 4.96 Å². The molecule has 0 bridgehead atoms. The molecular weight excluding hydrogens is 345 g/mol. The van der Waals surface area contributed by atoms with E-state index in [-0.39, 0.29) is 5.82 Å². The van der Waals surface area contributed by atoms with E-state index in [9.17, 15) is 4.39 Å². The molecule has 104 valence electrons. The second kappa shape index (κ2) is 5.41. The molecule has 2 aromatic heterocycles. The van der Waals surface area contributed by atoms with Gasteiger partial charge in [-0.05, 0) is 34.1 Å². The number of rotatable bonds is 4. The highest BCUT2D eigenvalue weighted by Gasteiger charge is 2.13. The number of methoxy groups -OCH3 is 1. The summed E-state index contributed by atoms with van der Waals surface area (Å²) in [6.07, 6.45) is 1.95. The van der Waals surface area contributed by atoms with E-state index in [1.807, 2.05) is 16.0 Å². The number of benzene rings is 1. The molecule has 4 nitrogen and oxygen atoms in total. The SMILES string of the molecule is COc1nc2sccn2c1CNc1ccc(F)cc1Br. The minimum atomic E-state index is -0.274. The second-order valence-electron chi connectivity index (χ2n) is 4.10. The Morgan fingerprint density at radius 1 is 1.50 bits per heavy atom. The van der Waals surface area contributed by atoms with Crippen molar-refractivity contribution in [3.8, 4) is 5.88 Å². The Morgan fingerprint density at radius 2 is 2.35 bits per heavy atom. The van der Waals surface area contributed by atoms with Crippen LogP contribution in [0.2, 0.25) is 0 Å². The molecular formula is C13H11BrFN3OS. The third-order valence-electron chi connectivity index (χ3n) is 2.90. The first kappa shape index (κ1) is 13.4. The molecule has 3 aromatic rings. The first-order valence-electron chi connectivity index (χ1n) is 5.86. The maximum Gasteiger partial charge on any atom is 0.238 e. The maximum absolute atomic E-state index is 13.1. The molecule has 0 amide bonds. The third-order valence-corrected chi connectivity index (χ3v) is 4.31. The van der Waals surface area contributed by atoms with Gasteiger partial charge in [-0.25, -0.2) is 4.39 Å². The average molecular weight is 356 g/mol. The summed E-state index contributed by atoms with van der Waals surface area (Å²) in [7, 11) is 1.60. The van der Waals surface area contributed by atoms with Gasteiger partial charge in [-0.3, -0.25) is 4.40 Å². The number of aromatic nitrogens is 2. The molecule has 0 spiro atoms. The molecule has 0 saturated carbocycles. The fraction of sp³-hybridized carbons (Fsp3) is 0.154. The number of hydrogen-bond acceptors (Lipinski definition) is 4. The molecule has 0 saturated heterocycles. The van der Waals surface area contributed by atoms with Crippen LogP contribution in [0.1, 0.15) is 5.69 Å². The van der Waals surface area contributed by atoms with Crippen molar-refractivity contribution in [3.05, 3.63) is 45.8 Å². The van der Waals surface area contributed by atoms with Gasteiger partial charge in [-0.15, -0.1) is 11.3 Å². The predicted molar refractivity (Wildman–Crippen MR) is 81.0 cm³/mol. The molecule has 0 atom stereocenters. The Morgan fingerprint density at radius 3 is 3.10 bits per heavy atom. The number of fused-ring (bicyclic) bond motifs is 1. The number of nitrogens with zero attached hydrogens (tertiary/aromatic N) is 2. The van der Waals surface area contributed by atoms with Crippen molar-refractivity contribution >= 4 is 37.9 Å². The average Bonchev–Trinajstić information content (AvgIpc) is 2.98. The Kier molecular flexibility index (Phi) is 3.62. The van der Waals surface area contributed by atoms with Crippen molar-refractivity contribution in [2.45, 2.75) is 6.54 Å². The van der Waals surface area contributed by atoms with Gasteiger partial charge >= 0.3 is 0 Å². The smallest absolute Gasteiger partial charge is 0.238 e. The first-order chi connectivity index (χ1) is 9.69. The summed E-state index contributed by atoms with van der Waals surface area (Å²) in [4.78, 5) is 5.27. The second-order valence-corrected chi connectivity index (χ2v) is 5.83. The molecule has 0 aliphatic rings. The summed E-state index contributed by atoms with van der Waals surface area (Å²) in [6, 6.07) is 4.54. The Labute approximate surface area is 127 Å². The lowest BCUT2D eigenvalue weighted by molar-refractivity contribution is 0.395. The summed E-state index contributed by atoms with van der Waals surface area (Å²) in [5.41, 5.74) is 1.75. The molecule has 1 N–H and O–H groups in total. The van der Waals surface area contributed by atoms with E-state index in [2.05, 4.69) is 26.2 Å². The van der Waals surface area contributed by atoms with Gasteiger partial charge in [0.25, 0.3) is 0 Å². The largest absolute Gasteiger partial charge is 0.480 e. The van der Waals surface area contributed by atoms with E-state index in [1.54, 1.807) is 24.5 Å². The summed E-state index contributed by atoms with van der Waals surface area (Å²) >= 11 is 4.88. The molecule has 0 unspecified atom stereocenters. The van der Waals surface area contributed by atoms with Gasteiger partial charge in [0, 0.05) is 21.7 Å². The topological polar surface area (TPSA) is 38.6 Å². The first-order valence-corrected chi connectivity index (χ1v) is 7.53. The zero-order chi connectivity index (χ0) is 14.1. The van der Waals surface area contributed by atoms with Crippen LogP contribution in [-0.2, 0) is 6.54 Å². The van der Waals surface area contributed by atoms with Crippen LogP contribution in [0.15, 0.2) is 34.2 Å². The molecule has 20 heavy (non-hydrogen) atoms. The Bertz CT molecular complexity index is 755. The van der Waals surface area contributed by atoms with E-state index >= 15 is 0 Å². The molecule has 1 aromatic carbocycles. The van der Waals surface area contributed by atoms with E-state index in [0.717, 1.165) is 16.3 Å². The Balaban J connectivity index is 1.87. The lowest BCUT2D eigenvalue weighted by atomic mass is 10.3. The van der Waals surface area contributed by atoms with Crippen molar-refractivity contribution in [1.29, 1.82) is 0 Å². The van der Waals surface area contributed by atoms with Crippen LogP contribution in [0.25, 0.3) is 4.96 Å². The van der Waals surface area contributed by atoms with Crippen molar-refractivity contribution < 1.29 is 9.13 Å².